The number of nitrogens with two attached hydrogens (primary N) is 1. The predicted octanol–water partition coefficient (Wildman–Crippen LogP) is -2.02. The summed E-state index contributed by atoms with van der Waals surface area (Å²) in [6, 6.07) is -3.67. The van der Waals surface area contributed by atoms with E-state index in [4.69, 9.17) is 15.9 Å². The van der Waals surface area contributed by atoms with Crippen LogP contribution in [-0.2, 0) is 19.2 Å². The second-order valence-corrected chi connectivity index (χ2v) is 5.95. The smallest absolute Gasteiger partial charge is 0.326 e. The van der Waals surface area contributed by atoms with Crippen molar-refractivity contribution >= 4 is 35.5 Å². The fourth-order valence-electron chi connectivity index (χ4n) is 1.65. The van der Waals surface area contributed by atoms with Crippen molar-refractivity contribution in [2.45, 2.75) is 37.4 Å². The molecule has 0 bridgehead atoms. The first-order chi connectivity index (χ1) is 11.2. The summed E-state index contributed by atoms with van der Waals surface area (Å²) in [4.78, 5) is 45.3. The Kier molecular flexibility index (Phi) is 10.8. The molecule has 0 unspecified atom stereocenters. The molecule has 0 aliphatic carbocycles. The number of carbonyl (C=O) groups is 4. The van der Waals surface area contributed by atoms with Crippen molar-refractivity contribution in [3.8, 4) is 0 Å². The molecule has 0 aliphatic heterocycles. The van der Waals surface area contributed by atoms with E-state index in [1.807, 2.05) is 0 Å². The molecule has 0 spiro atoms. The number of amides is 2. The van der Waals surface area contributed by atoms with Crippen molar-refractivity contribution in [2.24, 2.45) is 5.73 Å². The second-order valence-electron chi connectivity index (χ2n) is 4.96. The molecular weight excluding hydrogens is 342 g/mol. The summed E-state index contributed by atoms with van der Waals surface area (Å²) >= 11 is 1.41. The zero-order chi connectivity index (χ0) is 18.7. The summed E-state index contributed by atoms with van der Waals surface area (Å²) in [5.74, 6) is -3.49. The van der Waals surface area contributed by atoms with Crippen molar-refractivity contribution in [1.29, 1.82) is 0 Å². The van der Waals surface area contributed by atoms with E-state index in [9.17, 15) is 24.3 Å². The molecule has 0 aromatic carbocycles. The van der Waals surface area contributed by atoms with E-state index in [-0.39, 0.29) is 19.3 Å². The predicted molar refractivity (Wildman–Crippen MR) is 86.4 cm³/mol. The van der Waals surface area contributed by atoms with E-state index in [0.717, 1.165) is 0 Å². The van der Waals surface area contributed by atoms with Crippen LogP contribution in [0.15, 0.2) is 0 Å². The number of aliphatic hydroxyl groups is 1. The summed E-state index contributed by atoms with van der Waals surface area (Å²) in [7, 11) is 0. The van der Waals surface area contributed by atoms with Gasteiger partial charge in [0.2, 0.25) is 11.8 Å². The van der Waals surface area contributed by atoms with Crippen LogP contribution in [-0.4, -0.2) is 75.8 Å². The maximum atomic E-state index is 12.0. The molecule has 24 heavy (non-hydrogen) atoms. The van der Waals surface area contributed by atoms with E-state index in [0.29, 0.717) is 5.75 Å². The molecule has 0 aliphatic rings. The van der Waals surface area contributed by atoms with Crippen LogP contribution in [0.3, 0.4) is 0 Å². The van der Waals surface area contributed by atoms with Crippen LogP contribution in [0.25, 0.3) is 0 Å². The zero-order valence-corrected chi connectivity index (χ0v) is 14.0. The molecule has 7 N–H and O–H groups in total. The summed E-state index contributed by atoms with van der Waals surface area (Å²) in [5, 5.41) is 31.2. The Labute approximate surface area is 143 Å². The quantitative estimate of drug-likeness (QED) is 0.227. The highest BCUT2D eigenvalue weighted by atomic mass is 32.2. The van der Waals surface area contributed by atoms with Gasteiger partial charge >= 0.3 is 11.9 Å². The van der Waals surface area contributed by atoms with Gasteiger partial charge < -0.3 is 31.7 Å². The number of carbonyl (C=O) groups excluding carboxylic acids is 2. The first kappa shape index (κ1) is 22.1. The number of aliphatic carboxylic acids is 2. The molecule has 0 fully saturated rings. The van der Waals surface area contributed by atoms with Crippen LogP contribution in [0.2, 0.25) is 0 Å². The molecule has 0 radical (unpaired) electrons. The third kappa shape index (κ3) is 8.70. The fourth-order valence-corrected chi connectivity index (χ4v) is 2.12. The van der Waals surface area contributed by atoms with Crippen LogP contribution in [0.1, 0.15) is 19.3 Å². The number of carboxylic acid groups (broad SMARTS) is 2. The maximum Gasteiger partial charge on any atom is 0.326 e. The zero-order valence-electron chi connectivity index (χ0n) is 13.2. The van der Waals surface area contributed by atoms with Gasteiger partial charge in [-0.25, -0.2) is 4.79 Å². The first-order valence-corrected chi connectivity index (χ1v) is 8.53. The van der Waals surface area contributed by atoms with Gasteiger partial charge in [-0.1, -0.05) is 0 Å². The van der Waals surface area contributed by atoms with Gasteiger partial charge in [0.15, 0.2) is 0 Å². The van der Waals surface area contributed by atoms with Crippen molar-refractivity contribution in [3.05, 3.63) is 0 Å². The van der Waals surface area contributed by atoms with Crippen LogP contribution in [0.4, 0.5) is 0 Å². The highest BCUT2D eigenvalue weighted by Crippen LogP contribution is 2.02. The number of hydrogen-bond acceptors (Lipinski definition) is 7. The minimum atomic E-state index is -1.37. The molecule has 0 aromatic heterocycles. The highest BCUT2D eigenvalue weighted by Gasteiger charge is 2.27. The van der Waals surface area contributed by atoms with Crippen molar-refractivity contribution in [1.82, 2.24) is 10.6 Å². The van der Waals surface area contributed by atoms with Gasteiger partial charge in [-0.05, 0) is 24.9 Å². The van der Waals surface area contributed by atoms with E-state index in [1.165, 1.54) is 11.8 Å². The lowest BCUT2D eigenvalue weighted by Crippen LogP contribution is -2.55. The molecule has 3 atom stereocenters. The Morgan fingerprint density at radius 2 is 1.62 bits per heavy atom. The number of aliphatic hydroxyl groups excluding tert-OH is 1. The Morgan fingerprint density at radius 3 is 2.08 bits per heavy atom. The third-order valence-corrected chi connectivity index (χ3v) is 3.69. The van der Waals surface area contributed by atoms with Gasteiger partial charge in [-0.2, -0.15) is 11.8 Å². The van der Waals surface area contributed by atoms with Crippen molar-refractivity contribution in [2.75, 3.05) is 18.6 Å². The number of carboxylic acids is 2. The topological polar surface area (TPSA) is 179 Å². The Morgan fingerprint density at radius 1 is 1.04 bits per heavy atom. The maximum absolute atomic E-state index is 12.0. The lowest BCUT2D eigenvalue weighted by atomic mass is 10.1. The molecule has 0 heterocycles. The van der Waals surface area contributed by atoms with E-state index in [2.05, 4.69) is 10.6 Å². The van der Waals surface area contributed by atoms with Gasteiger partial charge in [-0.15, -0.1) is 0 Å². The SMILES string of the molecule is CSCC[C@H](NC(=O)[C@H](CO)NC(=O)[C@@H](N)CCC(=O)O)C(=O)O. The minimum absolute atomic E-state index is 0.133. The summed E-state index contributed by atoms with van der Waals surface area (Å²) in [6.07, 6.45) is 1.52. The van der Waals surface area contributed by atoms with E-state index in [1.54, 1.807) is 6.26 Å². The standard InChI is InChI=1S/C13H23N3O7S/c1-24-5-4-8(13(22)23)15-12(21)9(6-17)16-11(20)7(14)2-3-10(18)19/h7-9,17H,2-6,14H2,1H3,(H,15,21)(H,16,20)(H,18,19)(H,22,23)/t7-,8-,9-/m0/s1. The first-order valence-electron chi connectivity index (χ1n) is 7.13. The number of rotatable bonds is 12. The monoisotopic (exact) mass is 365 g/mol. The molecule has 2 amide bonds. The second kappa shape index (κ2) is 11.6. The molecule has 138 valence electrons. The molecule has 0 aromatic rings. The van der Waals surface area contributed by atoms with Gasteiger partial charge in [0.05, 0.1) is 12.6 Å². The lowest BCUT2D eigenvalue weighted by molar-refractivity contribution is -0.142. The number of nitrogens with one attached hydrogen (secondary N) is 2. The molecular formula is C13H23N3O7S. The van der Waals surface area contributed by atoms with Crippen LogP contribution >= 0.6 is 11.8 Å². The Balaban J connectivity index is 4.64. The minimum Gasteiger partial charge on any atom is -0.481 e. The van der Waals surface area contributed by atoms with Crippen molar-refractivity contribution in [3.63, 3.8) is 0 Å². The normalized spacial score (nSPS) is 14.3. The van der Waals surface area contributed by atoms with Crippen LogP contribution < -0.4 is 16.4 Å². The van der Waals surface area contributed by atoms with Crippen LogP contribution in [0, 0.1) is 0 Å². The molecule has 0 rings (SSSR count). The van der Waals surface area contributed by atoms with Crippen LogP contribution in [0.5, 0.6) is 0 Å². The van der Waals surface area contributed by atoms with E-state index < -0.39 is 48.5 Å². The highest BCUT2D eigenvalue weighted by molar-refractivity contribution is 7.98. The Bertz CT molecular complexity index is 461. The number of hydrogen-bond donors (Lipinski definition) is 6. The van der Waals surface area contributed by atoms with Gasteiger partial charge in [-0.3, -0.25) is 14.4 Å². The Hall–Kier alpha value is -1.85. The van der Waals surface area contributed by atoms with Gasteiger partial charge in [0, 0.05) is 6.42 Å². The third-order valence-electron chi connectivity index (χ3n) is 3.05. The summed E-state index contributed by atoms with van der Waals surface area (Å²) < 4.78 is 0. The average molecular weight is 365 g/mol. The summed E-state index contributed by atoms with van der Waals surface area (Å²) in [5.41, 5.74) is 5.50. The molecule has 0 saturated heterocycles. The fraction of sp³-hybridized carbons (Fsp3) is 0.692. The van der Waals surface area contributed by atoms with E-state index >= 15 is 0 Å². The molecule has 0 saturated carbocycles. The summed E-state index contributed by atoms with van der Waals surface area (Å²) in [6.45, 7) is -0.752. The lowest BCUT2D eigenvalue weighted by Gasteiger charge is -2.21. The molecule has 10 nitrogen and oxygen atoms in total. The molecule has 11 heteroatoms. The number of thioether (sulfide) groups is 1. The average Bonchev–Trinajstić information content (AvgIpc) is 2.53. The van der Waals surface area contributed by atoms with Gasteiger partial charge in [0.1, 0.15) is 12.1 Å². The van der Waals surface area contributed by atoms with Gasteiger partial charge in [0.25, 0.3) is 0 Å². The van der Waals surface area contributed by atoms with Crippen molar-refractivity contribution < 1.29 is 34.5 Å². The largest absolute Gasteiger partial charge is 0.481 e.